The van der Waals surface area contributed by atoms with Crippen LogP contribution >= 0.6 is 0 Å². The fourth-order valence-electron chi connectivity index (χ4n) is 4.20. The van der Waals surface area contributed by atoms with Crippen molar-refractivity contribution in [3.63, 3.8) is 0 Å². The Balaban J connectivity index is 1.53. The maximum Gasteiger partial charge on any atom is 0.339 e. The monoisotopic (exact) mass is 584 g/mol. The van der Waals surface area contributed by atoms with Gasteiger partial charge in [0, 0.05) is 24.2 Å². The average molecular weight is 585 g/mol. The molecule has 0 saturated heterocycles. The van der Waals surface area contributed by atoms with E-state index in [0.717, 1.165) is 0 Å². The summed E-state index contributed by atoms with van der Waals surface area (Å²) in [6.07, 6.45) is 3.16. The van der Waals surface area contributed by atoms with Crippen molar-refractivity contribution in [3.8, 4) is 45.6 Å². The minimum Gasteiger partial charge on any atom is -0.496 e. The Morgan fingerprint density at radius 1 is 0.744 bits per heavy atom. The van der Waals surface area contributed by atoms with Crippen LogP contribution < -0.4 is 14.8 Å². The zero-order valence-electron chi connectivity index (χ0n) is 23.0. The number of carboxylic acid groups (broad SMARTS) is 2. The van der Waals surface area contributed by atoms with E-state index in [1.807, 2.05) is 0 Å². The molecule has 0 saturated carbocycles. The maximum absolute atomic E-state index is 12.8. The van der Waals surface area contributed by atoms with E-state index in [-0.39, 0.29) is 28.5 Å². The first kappa shape index (κ1) is 28.4. The summed E-state index contributed by atoms with van der Waals surface area (Å²) in [6, 6.07) is 12.1. The highest BCUT2D eigenvalue weighted by atomic mass is 16.5. The number of carbonyl (C=O) groups is 3. The van der Waals surface area contributed by atoms with Gasteiger partial charge in [0.15, 0.2) is 0 Å². The van der Waals surface area contributed by atoms with Crippen LogP contribution in [0.25, 0.3) is 34.2 Å². The summed E-state index contributed by atoms with van der Waals surface area (Å²) in [7, 11) is 2.74. The highest BCUT2D eigenvalue weighted by molar-refractivity contribution is 5.96. The third kappa shape index (κ3) is 5.72. The molecule has 2 aromatic carbocycles. The van der Waals surface area contributed by atoms with Crippen molar-refractivity contribution < 1.29 is 34.1 Å². The van der Waals surface area contributed by atoms with Crippen LogP contribution in [0.5, 0.6) is 11.5 Å². The zero-order valence-corrected chi connectivity index (χ0v) is 23.0. The number of nitrogens with one attached hydrogen (secondary N) is 1. The number of benzene rings is 2. The smallest absolute Gasteiger partial charge is 0.339 e. The van der Waals surface area contributed by atoms with Crippen LogP contribution in [0.3, 0.4) is 0 Å². The molecule has 15 heteroatoms. The second-order valence-electron chi connectivity index (χ2n) is 8.96. The predicted molar refractivity (Wildman–Crippen MR) is 150 cm³/mol. The van der Waals surface area contributed by atoms with Crippen molar-refractivity contribution in [2.75, 3.05) is 20.8 Å². The maximum atomic E-state index is 12.8. The van der Waals surface area contributed by atoms with Gasteiger partial charge in [-0.05, 0) is 43.3 Å². The largest absolute Gasteiger partial charge is 0.496 e. The number of carboxylic acids is 2. The van der Waals surface area contributed by atoms with Crippen LogP contribution in [0.4, 0.5) is 0 Å². The van der Waals surface area contributed by atoms with Crippen molar-refractivity contribution in [1.82, 2.24) is 40.3 Å². The van der Waals surface area contributed by atoms with E-state index < -0.39 is 11.9 Å². The van der Waals surface area contributed by atoms with Crippen molar-refractivity contribution in [2.45, 2.75) is 6.92 Å². The Labute approximate surface area is 243 Å². The van der Waals surface area contributed by atoms with Gasteiger partial charge < -0.3 is 25.0 Å². The Hall–Kier alpha value is -6.12. The van der Waals surface area contributed by atoms with Crippen LogP contribution in [0, 0.1) is 0 Å². The normalized spacial score (nSPS) is 10.8. The summed E-state index contributed by atoms with van der Waals surface area (Å²) in [5, 5.41) is 38.2. The van der Waals surface area contributed by atoms with Gasteiger partial charge in [0.25, 0.3) is 5.91 Å². The highest BCUT2D eigenvalue weighted by Crippen LogP contribution is 2.27. The molecule has 1 amide bonds. The van der Waals surface area contributed by atoms with Gasteiger partial charge in [-0.15, -0.1) is 10.2 Å². The Morgan fingerprint density at radius 2 is 1.21 bits per heavy atom. The predicted octanol–water partition coefficient (Wildman–Crippen LogP) is 2.74. The van der Waals surface area contributed by atoms with E-state index in [4.69, 9.17) is 9.47 Å². The molecule has 0 spiro atoms. The molecule has 43 heavy (non-hydrogen) atoms. The summed E-state index contributed by atoms with van der Waals surface area (Å²) >= 11 is 0. The molecule has 15 nitrogen and oxygen atoms in total. The lowest BCUT2D eigenvalue weighted by Crippen LogP contribution is -2.22. The second kappa shape index (κ2) is 11.8. The minimum atomic E-state index is -1.13. The fourth-order valence-corrected chi connectivity index (χ4v) is 4.20. The SMILES string of the molecule is CCNC(=O)c1cc(-c2cn(-c3ccc(C(=O)O)c(OC)c3)nn2)nc(-c2cn(-c3ccc(C(=O)O)c(OC)c3)nn2)c1. The minimum absolute atomic E-state index is 0.00291. The summed E-state index contributed by atoms with van der Waals surface area (Å²) in [4.78, 5) is 40.4. The summed E-state index contributed by atoms with van der Waals surface area (Å²) in [5.74, 6) is -2.29. The summed E-state index contributed by atoms with van der Waals surface area (Å²) < 4.78 is 13.3. The molecule has 0 radical (unpaired) electrons. The van der Waals surface area contributed by atoms with Gasteiger partial charge in [0.2, 0.25) is 0 Å². The molecule has 0 bridgehead atoms. The zero-order chi connectivity index (χ0) is 30.7. The topological polar surface area (TPSA) is 196 Å². The molecule has 0 fully saturated rings. The number of pyridine rings is 1. The van der Waals surface area contributed by atoms with Crippen molar-refractivity contribution in [2.24, 2.45) is 0 Å². The molecule has 3 heterocycles. The van der Waals surface area contributed by atoms with E-state index in [1.54, 1.807) is 43.6 Å². The van der Waals surface area contributed by atoms with Gasteiger partial charge in [0.05, 0.1) is 49.4 Å². The molecule has 218 valence electrons. The van der Waals surface area contributed by atoms with Gasteiger partial charge in [-0.2, -0.15) is 0 Å². The standard InChI is InChI=1S/C28H24N8O7/c1-4-29-26(37)15-9-20(22-13-35(33-31-22)16-5-7-18(27(38)39)24(11-16)42-2)30-21(10-15)23-14-36(34-32-23)17-6-8-19(28(40)41)25(12-17)43-3/h5-14H,4H2,1-3H3,(H,29,37)(H,38,39)(H,40,41). The van der Waals surface area contributed by atoms with Crippen LogP contribution in [-0.4, -0.2) is 83.8 Å². The molecule has 0 aliphatic carbocycles. The second-order valence-corrected chi connectivity index (χ2v) is 8.96. The van der Waals surface area contributed by atoms with Gasteiger partial charge >= 0.3 is 11.9 Å². The molecule has 5 aromatic rings. The molecular weight excluding hydrogens is 560 g/mol. The summed E-state index contributed by atoms with van der Waals surface area (Å²) in [5.41, 5.74) is 2.58. The van der Waals surface area contributed by atoms with E-state index in [0.29, 0.717) is 46.3 Å². The number of ether oxygens (including phenoxy) is 2. The number of carbonyl (C=O) groups excluding carboxylic acids is 1. The van der Waals surface area contributed by atoms with E-state index in [1.165, 1.54) is 47.8 Å². The molecule has 0 atom stereocenters. The molecule has 0 aliphatic rings. The number of methoxy groups -OCH3 is 2. The molecule has 0 unspecified atom stereocenters. The number of amides is 1. The van der Waals surface area contributed by atoms with Crippen molar-refractivity contribution in [1.29, 1.82) is 0 Å². The number of rotatable bonds is 10. The third-order valence-corrected chi connectivity index (χ3v) is 6.30. The molecule has 0 aliphatic heterocycles. The van der Waals surface area contributed by atoms with Gasteiger partial charge in [0.1, 0.15) is 34.0 Å². The van der Waals surface area contributed by atoms with Crippen LogP contribution in [0.15, 0.2) is 60.9 Å². The Bertz CT molecular complexity index is 1740. The number of hydrogen-bond acceptors (Lipinski definition) is 10. The lowest BCUT2D eigenvalue weighted by atomic mass is 10.1. The lowest BCUT2D eigenvalue weighted by Gasteiger charge is -2.08. The molecule has 3 aromatic heterocycles. The number of aromatic carboxylic acids is 2. The third-order valence-electron chi connectivity index (χ3n) is 6.30. The average Bonchev–Trinajstić information content (AvgIpc) is 3.71. The first-order chi connectivity index (χ1) is 20.7. The Morgan fingerprint density at radius 3 is 1.60 bits per heavy atom. The lowest BCUT2D eigenvalue weighted by molar-refractivity contribution is 0.0682. The molecular formula is C28H24N8O7. The van der Waals surface area contributed by atoms with Gasteiger partial charge in [-0.25, -0.2) is 23.9 Å². The van der Waals surface area contributed by atoms with Crippen molar-refractivity contribution >= 4 is 17.8 Å². The highest BCUT2D eigenvalue weighted by Gasteiger charge is 2.19. The number of hydrogen-bond donors (Lipinski definition) is 3. The molecule has 3 N–H and O–H groups in total. The number of aromatic nitrogens is 7. The fraction of sp³-hybridized carbons (Fsp3) is 0.143. The van der Waals surface area contributed by atoms with Crippen LogP contribution in [0.1, 0.15) is 38.0 Å². The summed E-state index contributed by atoms with van der Waals surface area (Å²) in [6.45, 7) is 2.20. The van der Waals surface area contributed by atoms with E-state index in [2.05, 4.69) is 30.9 Å². The van der Waals surface area contributed by atoms with Crippen molar-refractivity contribution in [3.05, 3.63) is 77.6 Å². The van der Waals surface area contributed by atoms with Gasteiger partial charge in [-0.3, -0.25) is 4.79 Å². The number of nitrogens with zero attached hydrogens (tertiary/aromatic N) is 7. The molecule has 5 rings (SSSR count). The van der Waals surface area contributed by atoms with E-state index >= 15 is 0 Å². The Kier molecular flexibility index (Phi) is 7.78. The quantitative estimate of drug-likeness (QED) is 0.217. The van der Waals surface area contributed by atoms with Gasteiger partial charge in [-0.1, -0.05) is 10.4 Å². The first-order valence-corrected chi connectivity index (χ1v) is 12.7. The van der Waals surface area contributed by atoms with E-state index in [9.17, 15) is 24.6 Å². The first-order valence-electron chi connectivity index (χ1n) is 12.7. The van der Waals surface area contributed by atoms with Crippen LogP contribution in [-0.2, 0) is 0 Å². The van der Waals surface area contributed by atoms with Crippen LogP contribution in [0.2, 0.25) is 0 Å².